The first kappa shape index (κ1) is 35.2. The highest BCUT2D eigenvalue weighted by Crippen LogP contribution is 2.40. The highest BCUT2D eigenvalue weighted by atomic mass is 15.1. The van der Waals surface area contributed by atoms with Crippen LogP contribution in [0.5, 0.6) is 0 Å². The van der Waals surface area contributed by atoms with Gasteiger partial charge in [-0.3, -0.25) is 0 Å². The van der Waals surface area contributed by atoms with E-state index in [2.05, 4.69) is 221 Å². The molecule has 0 amide bonds. The zero-order valence-electron chi connectivity index (χ0n) is 32.5. The lowest BCUT2D eigenvalue weighted by Gasteiger charge is -2.26. The lowest BCUT2D eigenvalue weighted by atomic mass is 9.81. The Kier molecular flexibility index (Phi) is 9.24. The third-order valence-corrected chi connectivity index (χ3v) is 11.9. The molecule has 0 aliphatic rings. The molecule has 0 fully saturated rings. The van der Waals surface area contributed by atoms with E-state index in [9.17, 15) is 0 Å². The number of hydrogen-bond donors (Lipinski definition) is 0. The summed E-state index contributed by atoms with van der Waals surface area (Å²) in [4.78, 5) is 2.33. The predicted octanol–water partition coefficient (Wildman–Crippen LogP) is 15.0. The van der Waals surface area contributed by atoms with E-state index in [1.807, 2.05) is 0 Å². The Morgan fingerprint density at radius 3 is 1.20 bits per heavy atom. The van der Waals surface area contributed by atoms with Crippen molar-refractivity contribution in [1.82, 2.24) is 4.57 Å². The van der Waals surface area contributed by atoms with Crippen LogP contribution >= 0.6 is 0 Å². The van der Waals surface area contributed by atoms with Gasteiger partial charge in [-0.2, -0.15) is 0 Å². The standard InChI is InChI=1S/C52H50N2/c1-7-51(3,4)41-25-33-47-48-34-26-42(52(5,6)8-2)36-50(48)54(49(47)35-41)46-31-23-40(24-32-46)39-21-29-45(30-22-39)53(43-17-13-10-14-18-43)44-27-19-38(20-28-44)37-15-11-9-12-16-37/h9-36H,7-8H2,1-6H3. The second-order valence-corrected chi connectivity index (χ2v) is 16.0. The molecule has 7 aromatic carbocycles. The minimum absolute atomic E-state index is 0.0998. The van der Waals surface area contributed by atoms with Crippen molar-refractivity contribution in [2.24, 2.45) is 0 Å². The molecule has 0 aliphatic heterocycles. The number of hydrogen-bond acceptors (Lipinski definition) is 1. The van der Waals surface area contributed by atoms with Crippen molar-refractivity contribution < 1.29 is 0 Å². The SMILES string of the molecule is CCC(C)(C)c1ccc2c3ccc(C(C)(C)CC)cc3n(-c3ccc(-c4ccc(N(c5ccccc5)c5ccc(-c6ccccc6)cc5)cc4)cc3)c2c1. The zero-order valence-corrected chi connectivity index (χ0v) is 32.5. The number of anilines is 3. The Morgan fingerprint density at radius 2 is 0.778 bits per heavy atom. The van der Waals surface area contributed by atoms with E-state index < -0.39 is 0 Å². The normalized spacial score (nSPS) is 12.0. The third-order valence-electron chi connectivity index (χ3n) is 11.9. The summed E-state index contributed by atoms with van der Waals surface area (Å²) >= 11 is 0. The van der Waals surface area contributed by atoms with Gasteiger partial charge in [0.2, 0.25) is 0 Å². The summed E-state index contributed by atoms with van der Waals surface area (Å²) in [5, 5.41) is 2.61. The molecule has 0 saturated heterocycles. The van der Waals surface area contributed by atoms with Gasteiger partial charge >= 0.3 is 0 Å². The number of fused-ring (bicyclic) bond motifs is 3. The molecule has 8 rings (SSSR count). The fraction of sp³-hybridized carbons (Fsp3) is 0.192. The largest absolute Gasteiger partial charge is 0.311 e. The molecule has 2 heteroatoms. The van der Waals surface area contributed by atoms with Crippen molar-refractivity contribution in [3.05, 3.63) is 181 Å². The van der Waals surface area contributed by atoms with Gasteiger partial charge < -0.3 is 9.47 Å². The van der Waals surface area contributed by atoms with E-state index in [0.717, 1.165) is 29.9 Å². The van der Waals surface area contributed by atoms with Crippen molar-refractivity contribution in [3.63, 3.8) is 0 Å². The average molecular weight is 703 g/mol. The van der Waals surface area contributed by atoms with Gasteiger partial charge in [-0.05, 0) is 118 Å². The summed E-state index contributed by atoms with van der Waals surface area (Å²) in [6.07, 6.45) is 2.18. The van der Waals surface area contributed by atoms with Crippen LogP contribution in [0.1, 0.15) is 65.5 Å². The number of para-hydroxylation sites is 1. The highest BCUT2D eigenvalue weighted by molar-refractivity contribution is 6.09. The van der Waals surface area contributed by atoms with Crippen LogP contribution in [0.4, 0.5) is 17.1 Å². The molecule has 0 radical (unpaired) electrons. The molecule has 0 N–H and O–H groups in total. The summed E-state index contributed by atoms with van der Waals surface area (Å²) in [6.45, 7) is 14.0. The number of aromatic nitrogens is 1. The molecule has 0 aliphatic carbocycles. The summed E-state index contributed by atoms with van der Waals surface area (Å²) in [6, 6.07) is 62.4. The molecule has 1 aromatic heterocycles. The lowest BCUT2D eigenvalue weighted by molar-refractivity contribution is 0.507. The zero-order chi connectivity index (χ0) is 37.5. The molecule has 0 unspecified atom stereocenters. The van der Waals surface area contributed by atoms with Crippen LogP contribution in [-0.2, 0) is 10.8 Å². The molecular formula is C52H50N2. The van der Waals surface area contributed by atoms with E-state index in [4.69, 9.17) is 0 Å². The highest BCUT2D eigenvalue weighted by Gasteiger charge is 2.23. The van der Waals surface area contributed by atoms with Gasteiger partial charge in [0.25, 0.3) is 0 Å². The Balaban J connectivity index is 1.16. The van der Waals surface area contributed by atoms with Crippen LogP contribution in [0.2, 0.25) is 0 Å². The van der Waals surface area contributed by atoms with Crippen molar-refractivity contribution >= 4 is 38.9 Å². The Bertz CT molecular complexity index is 2450. The van der Waals surface area contributed by atoms with E-state index >= 15 is 0 Å². The van der Waals surface area contributed by atoms with Crippen LogP contribution < -0.4 is 4.90 Å². The predicted molar refractivity (Wildman–Crippen MR) is 233 cm³/mol. The molecular weight excluding hydrogens is 653 g/mol. The molecule has 0 spiro atoms. The first-order valence-electron chi connectivity index (χ1n) is 19.5. The topological polar surface area (TPSA) is 8.17 Å². The van der Waals surface area contributed by atoms with Gasteiger partial charge in [-0.1, -0.05) is 151 Å². The monoisotopic (exact) mass is 702 g/mol. The molecule has 1 heterocycles. The average Bonchev–Trinajstić information content (AvgIpc) is 3.55. The fourth-order valence-corrected chi connectivity index (χ4v) is 7.61. The van der Waals surface area contributed by atoms with Crippen LogP contribution in [0.15, 0.2) is 170 Å². The van der Waals surface area contributed by atoms with Gasteiger partial charge in [0, 0.05) is 33.5 Å². The van der Waals surface area contributed by atoms with E-state index in [-0.39, 0.29) is 10.8 Å². The van der Waals surface area contributed by atoms with Crippen molar-refractivity contribution in [3.8, 4) is 27.9 Å². The first-order chi connectivity index (χ1) is 26.2. The molecule has 0 bridgehead atoms. The molecule has 54 heavy (non-hydrogen) atoms. The molecule has 0 atom stereocenters. The Morgan fingerprint density at radius 1 is 0.407 bits per heavy atom. The van der Waals surface area contributed by atoms with E-state index in [0.29, 0.717) is 0 Å². The molecule has 268 valence electrons. The first-order valence-corrected chi connectivity index (χ1v) is 19.5. The van der Waals surface area contributed by atoms with E-state index in [1.165, 1.54) is 60.9 Å². The van der Waals surface area contributed by atoms with Gasteiger partial charge in [0.1, 0.15) is 0 Å². The third kappa shape index (κ3) is 6.51. The fourth-order valence-electron chi connectivity index (χ4n) is 7.61. The van der Waals surface area contributed by atoms with Crippen LogP contribution in [-0.4, -0.2) is 4.57 Å². The van der Waals surface area contributed by atoms with Gasteiger partial charge in [0.15, 0.2) is 0 Å². The van der Waals surface area contributed by atoms with Gasteiger partial charge in [-0.15, -0.1) is 0 Å². The number of nitrogens with zero attached hydrogens (tertiary/aromatic N) is 2. The summed E-state index contributed by atoms with van der Waals surface area (Å²) in [7, 11) is 0. The second kappa shape index (κ2) is 14.2. The smallest absolute Gasteiger partial charge is 0.0544 e. The maximum absolute atomic E-state index is 2.49. The van der Waals surface area contributed by atoms with Crippen LogP contribution in [0.25, 0.3) is 49.7 Å². The maximum atomic E-state index is 2.49. The molecule has 2 nitrogen and oxygen atoms in total. The minimum atomic E-state index is 0.0998. The number of rotatable bonds is 10. The molecule has 0 saturated carbocycles. The van der Waals surface area contributed by atoms with E-state index in [1.54, 1.807) is 0 Å². The van der Waals surface area contributed by atoms with Gasteiger partial charge in [-0.25, -0.2) is 0 Å². The summed E-state index contributed by atoms with van der Waals surface area (Å²) in [5.41, 5.74) is 14.9. The maximum Gasteiger partial charge on any atom is 0.0544 e. The van der Waals surface area contributed by atoms with Crippen molar-refractivity contribution in [1.29, 1.82) is 0 Å². The number of benzene rings is 7. The van der Waals surface area contributed by atoms with Gasteiger partial charge in [0.05, 0.1) is 11.0 Å². The Hall–Kier alpha value is -5.86. The summed E-state index contributed by atoms with van der Waals surface area (Å²) < 4.78 is 2.49. The minimum Gasteiger partial charge on any atom is -0.311 e. The molecule has 8 aromatic rings. The lowest BCUT2D eigenvalue weighted by Crippen LogP contribution is -2.15. The van der Waals surface area contributed by atoms with Crippen LogP contribution in [0.3, 0.4) is 0 Å². The van der Waals surface area contributed by atoms with Crippen LogP contribution in [0, 0.1) is 0 Å². The summed E-state index contributed by atoms with van der Waals surface area (Å²) in [5.74, 6) is 0. The second-order valence-electron chi connectivity index (χ2n) is 16.0. The quantitative estimate of drug-likeness (QED) is 0.138. The van der Waals surface area contributed by atoms with Crippen molar-refractivity contribution in [2.45, 2.75) is 65.2 Å². The Labute approximate surface area is 321 Å². The van der Waals surface area contributed by atoms with Crippen molar-refractivity contribution in [2.75, 3.05) is 4.90 Å².